The summed E-state index contributed by atoms with van der Waals surface area (Å²) in [7, 11) is 1.75. The third-order valence-corrected chi connectivity index (χ3v) is 3.98. The summed E-state index contributed by atoms with van der Waals surface area (Å²) in [6.45, 7) is 0.241. The zero-order valence-corrected chi connectivity index (χ0v) is 12.7. The number of rotatable bonds is 6. The predicted molar refractivity (Wildman–Crippen MR) is 83.1 cm³/mol. The summed E-state index contributed by atoms with van der Waals surface area (Å²) in [5.74, 6) is -1.65. The molecule has 2 rings (SSSR count). The van der Waals surface area contributed by atoms with Gasteiger partial charge < -0.3 is 15.4 Å². The van der Waals surface area contributed by atoms with Crippen LogP contribution in [0, 0.1) is 16.0 Å². The van der Waals surface area contributed by atoms with Crippen molar-refractivity contribution in [2.45, 2.75) is 12.8 Å². The smallest absolute Gasteiger partial charge is 0.306 e. The van der Waals surface area contributed by atoms with Crippen molar-refractivity contribution < 1.29 is 14.8 Å². The number of nitro benzene ring substituents is 1. The predicted octanol–water partition coefficient (Wildman–Crippen LogP) is 2.33. The van der Waals surface area contributed by atoms with Crippen molar-refractivity contribution in [3.63, 3.8) is 0 Å². The van der Waals surface area contributed by atoms with Crippen LogP contribution in [0.3, 0.4) is 0 Å². The van der Waals surface area contributed by atoms with E-state index in [2.05, 4.69) is 0 Å². The van der Waals surface area contributed by atoms with Gasteiger partial charge in [0, 0.05) is 13.2 Å². The first-order valence-corrected chi connectivity index (χ1v) is 7.08. The highest BCUT2D eigenvalue weighted by Crippen LogP contribution is 2.37. The van der Waals surface area contributed by atoms with Gasteiger partial charge >= 0.3 is 5.97 Å². The molecule has 1 aromatic heterocycles. The van der Waals surface area contributed by atoms with Crippen molar-refractivity contribution in [1.82, 2.24) is 4.57 Å². The number of halogens is 1. The molecule has 2 aromatic rings. The number of carboxylic acids is 1. The van der Waals surface area contributed by atoms with Crippen LogP contribution in [0.2, 0.25) is 5.02 Å². The van der Waals surface area contributed by atoms with Crippen LogP contribution in [0.4, 0.5) is 5.69 Å². The molecule has 7 nitrogen and oxygen atoms in total. The Kier molecular flexibility index (Phi) is 4.68. The minimum Gasteiger partial charge on any atom is -0.481 e. The number of fused-ring (bicyclic) bond motifs is 1. The molecule has 118 valence electrons. The number of aryl methyl sites for hydroxylation is 1. The fourth-order valence-corrected chi connectivity index (χ4v) is 2.87. The van der Waals surface area contributed by atoms with Crippen LogP contribution in [0.1, 0.15) is 12.0 Å². The second kappa shape index (κ2) is 6.33. The molecule has 1 aromatic carbocycles. The van der Waals surface area contributed by atoms with Gasteiger partial charge in [-0.2, -0.15) is 0 Å². The fraction of sp³-hybridized carbons (Fsp3) is 0.357. The van der Waals surface area contributed by atoms with E-state index in [1.165, 1.54) is 6.07 Å². The third kappa shape index (κ3) is 2.90. The average Bonchev–Trinajstić information content (AvgIpc) is 2.74. The Morgan fingerprint density at radius 3 is 2.77 bits per heavy atom. The Morgan fingerprint density at radius 2 is 2.23 bits per heavy atom. The van der Waals surface area contributed by atoms with E-state index < -0.39 is 16.8 Å². The standard InChI is InChI=1S/C14H16ClN3O4/c1-17-7-9(6-8(4-5-16)14(19)20)12-11(17)3-2-10(15)13(12)18(21)22/h2-3,7-8H,4-6,16H2,1H3,(H,19,20). The Balaban J connectivity index is 2.61. The number of benzene rings is 1. The Labute approximate surface area is 131 Å². The zero-order valence-electron chi connectivity index (χ0n) is 12.0. The van der Waals surface area contributed by atoms with Crippen molar-refractivity contribution in [1.29, 1.82) is 0 Å². The van der Waals surface area contributed by atoms with E-state index in [1.54, 1.807) is 23.9 Å². The number of nitro groups is 1. The van der Waals surface area contributed by atoms with Crippen molar-refractivity contribution in [3.8, 4) is 0 Å². The summed E-state index contributed by atoms with van der Waals surface area (Å²) >= 11 is 5.95. The lowest BCUT2D eigenvalue weighted by molar-refractivity contribution is -0.382. The number of aliphatic carboxylic acids is 1. The van der Waals surface area contributed by atoms with Crippen LogP contribution in [-0.4, -0.2) is 27.1 Å². The van der Waals surface area contributed by atoms with E-state index >= 15 is 0 Å². The number of hydrogen-bond acceptors (Lipinski definition) is 4. The number of carbonyl (C=O) groups is 1. The molecule has 0 saturated heterocycles. The third-order valence-electron chi connectivity index (χ3n) is 3.67. The monoisotopic (exact) mass is 325 g/mol. The minimum atomic E-state index is -0.966. The van der Waals surface area contributed by atoms with E-state index in [0.29, 0.717) is 22.9 Å². The lowest BCUT2D eigenvalue weighted by atomic mass is 9.95. The first-order valence-electron chi connectivity index (χ1n) is 6.70. The largest absolute Gasteiger partial charge is 0.481 e. The van der Waals surface area contributed by atoms with Crippen molar-refractivity contribution in [2.24, 2.45) is 18.7 Å². The van der Waals surface area contributed by atoms with Gasteiger partial charge in [-0.15, -0.1) is 0 Å². The second-order valence-corrected chi connectivity index (χ2v) is 5.54. The highest BCUT2D eigenvalue weighted by molar-refractivity contribution is 6.34. The lowest BCUT2D eigenvalue weighted by Gasteiger charge is -2.10. The summed E-state index contributed by atoms with van der Waals surface area (Å²) in [4.78, 5) is 22.1. The van der Waals surface area contributed by atoms with E-state index in [-0.39, 0.29) is 23.7 Å². The number of hydrogen-bond donors (Lipinski definition) is 2. The Morgan fingerprint density at radius 1 is 1.55 bits per heavy atom. The molecule has 0 aliphatic heterocycles. The molecule has 0 amide bonds. The first kappa shape index (κ1) is 16.3. The topological polar surface area (TPSA) is 111 Å². The van der Waals surface area contributed by atoms with E-state index in [0.717, 1.165) is 0 Å². The number of nitrogens with two attached hydrogens (primary N) is 1. The van der Waals surface area contributed by atoms with Crippen molar-refractivity contribution in [3.05, 3.63) is 39.0 Å². The highest BCUT2D eigenvalue weighted by atomic mass is 35.5. The molecule has 0 bridgehead atoms. The normalized spacial score (nSPS) is 12.5. The van der Waals surface area contributed by atoms with Crippen LogP contribution in [0.5, 0.6) is 0 Å². The molecule has 1 unspecified atom stereocenters. The van der Waals surface area contributed by atoms with Gasteiger partial charge in [-0.3, -0.25) is 14.9 Å². The quantitative estimate of drug-likeness (QED) is 0.625. The van der Waals surface area contributed by atoms with Gasteiger partial charge in [0.1, 0.15) is 5.02 Å². The van der Waals surface area contributed by atoms with Crippen LogP contribution in [0.25, 0.3) is 10.9 Å². The first-order chi connectivity index (χ1) is 10.4. The maximum absolute atomic E-state index is 11.3. The number of carboxylic acid groups (broad SMARTS) is 1. The molecule has 0 fully saturated rings. The summed E-state index contributed by atoms with van der Waals surface area (Å²) in [5.41, 5.74) is 6.49. The van der Waals surface area contributed by atoms with Crippen LogP contribution < -0.4 is 5.73 Å². The SMILES string of the molecule is Cn1cc(CC(CCN)C(=O)O)c2c([N+](=O)[O-])c(Cl)ccc21. The molecule has 0 aliphatic rings. The summed E-state index contributed by atoms with van der Waals surface area (Å²) < 4.78 is 1.73. The van der Waals surface area contributed by atoms with Crippen LogP contribution in [-0.2, 0) is 18.3 Å². The van der Waals surface area contributed by atoms with Crippen LogP contribution in [0.15, 0.2) is 18.3 Å². The van der Waals surface area contributed by atoms with Gasteiger partial charge in [0.25, 0.3) is 5.69 Å². The fourth-order valence-electron chi connectivity index (χ4n) is 2.65. The van der Waals surface area contributed by atoms with Crippen molar-refractivity contribution >= 4 is 34.2 Å². The van der Waals surface area contributed by atoms with Crippen LogP contribution >= 0.6 is 11.6 Å². The maximum atomic E-state index is 11.3. The van der Waals surface area contributed by atoms with Gasteiger partial charge in [0.05, 0.1) is 21.7 Å². The minimum absolute atomic E-state index is 0.0376. The lowest BCUT2D eigenvalue weighted by Crippen LogP contribution is -2.20. The molecule has 0 spiro atoms. The van der Waals surface area contributed by atoms with Gasteiger partial charge in [-0.1, -0.05) is 11.6 Å². The summed E-state index contributed by atoms with van der Waals surface area (Å²) in [6.07, 6.45) is 2.19. The van der Waals surface area contributed by atoms with Crippen molar-refractivity contribution in [2.75, 3.05) is 6.54 Å². The Hall–Kier alpha value is -2.12. The van der Waals surface area contributed by atoms with Gasteiger partial charge in [-0.05, 0) is 37.1 Å². The van der Waals surface area contributed by atoms with Gasteiger partial charge in [-0.25, -0.2) is 0 Å². The highest BCUT2D eigenvalue weighted by Gasteiger charge is 2.26. The molecule has 0 saturated carbocycles. The molecule has 3 N–H and O–H groups in total. The molecule has 1 heterocycles. The van der Waals surface area contributed by atoms with E-state index in [4.69, 9.17) is 17.3 Å². The number of nitrogens with zero attached hydrogens (tertiary/aromatic N) is 2. The molecule has 8 heteroatoms. The van der Waals surface area contributed by atoms with E-state index in [1.807, 2.05) is 0 Å². The zero-order chi connectivity index (χ0) is 16.4. The van der Waals surface area contributed by atoms with E-state index in [9.17, 15) is 20.0 Å². The second-order valence-electron chi connectivity index (χ2n) is 5.13. The summed E-state index contributed by atoms with van der Waals surface area (Å²) in [5, 5.41) is 21.0. The number of aromatic nitrogens is 1. The Bertz CT molecular complexity index is 741. The van der Waals surface area contributed by atoms with Gasteiger partial charge in [0.15, 0.2) is 0 Å². The molecular formula is C14H16ClN3O4. The molecule has 0 aliphatic carbocycles. The average molecular weight is 326 g/mol. The molecular weight excluding hydrogens is 310 g/mol. The maximum Gasteiger partial charge on any atom is 0.306 e. The summed E-state index contributed by atoms with van der Waals surface area (Å²) in [6, 6.07) is 3.16. The molecule has 1 atom stereocenters. The molecule has 0 radical (unpaired) electrons. The van der Waals surface area contributed by atoms with Gasteiger partial charge in [0.2, 0.25) is 0 Å². The molecule has 22 heavy (non-hydrogen) atoms.